The van der Waals surface area contributed by atoms with Crippen LogP contribution in [0.15, 0.2) is 23.0 Å². The Morgan fingerprint density at radius 1 is 1.10 bits per heavy atom. The number of aliphatic hydroxyl groups is 1. The molecule has 1 unspecified atom stereocenters. The van der Waals surface area contributed by atoms with Gasteiger partial charge in [-0.25, -0.2) is 9.18 Å². The minimum atomic E-state index is -1.87. The summed E-state index contributed by atoms with van der Waals surface area (Å²) in [6, 6.07) is 5.26. The van der Waals surface area contributed by atoms with Gasteiger partial charge < -0.3 is 14.4 Å². The smallest absolute Gasteiger partial charge is 0.342 e. The Kier molecular flexibility index (Phi) is 3.32. The van der Waals surface area contributed by atoms with Gasteiger partial charge in [0.2, 0.25) is 0 Å². The number of rotatable bonds is 0. The number of nitrogens with zero attached hydrogens (tertiary/aromatic N) is 1. The first-order valence-electron chi connectivity index (χ1n) is 10.2. The molecule has 0 spiro atoms. The van der Waals surface area contributed by atoms with Crippen LogP contribution in [0.4, 0.5) is 4.39 Å². The number of carbonyl (C=O) groups is 1. The Hall–Kier alpha value is -2.99. The summed E-state index contributed by atoms with van der Waals surface area (Å²) in [5, 5.41) is 12.7. The standard InChI is InChI=1S/C24H20FNO4/c1-11-13-4-3-5-14-16-9-26-20(15(16)6-12(21(13)14)7-19(11)25)8-18-17(22(26)27)10-30-23(28)24(18,2)29/h6-8,29H,3-5,9-10H2,1-2H3. The van der Waals surface area contributed by atoms with Gasteiger partial charge in [0.05, 0.1) is 17.8 Å². The van der Waals surface area contributed by atoms with Gasteiger partial charge in [-0.3, -0.25) is 4.79 Å². The first kappa shape index (κ1) is 17.8. The van der Waals surface area contributed by atoms with Gasteiger partial charge in [-0.05, 0) is 84.3 Å². The van der Waals surface area contributed by atoms with Crippen molar-refractivity contribution < 1.29 is 19.0 Å². The number of hydrogen-bond acceptors (Lipinski definition) is 4. The molecule has 30 heavy (non-hydrogen) atoms. The number of ether oxygens (including phenoxy) is 1. The van der Waals surface area contributed by atoms with E-state index in [-0.39, 0.29) is 18.0 Å². The molecule has 2 aromatic carbocycles. The van der Waals surface area contributed by atoms with Crippen LogP contribution in [0.5, 0.6) is 0 Å². The van der Waals surface area contributed by atoms with Gasteiger partial charge in [0.1, 0.15) is 12.4 Å². The quantitative estimate of drug-likeness (QED) is 0.456. The minimum absolute atomic E-state index is 0.136. The Balaban J connectivity index is 1.69. The molecule has 1 aliphatic carbocycles. The zero-order valence-electron chi connectivity index (χ0n) is 16.8. The van der Waals surface area contributed by atoms with Crippen molar-refractivity contribution >= 4 is 16.7 Å². The van der Waals surface area contributed by atoms with Gasteiger partial charge in [0.15, 0.2) is 5.60 Å². The van der Waals surface area contributed by atoms with Gasteiger partial charge in [0, 0.05) is 11.1 Å². The second-order valence-corrected chi connectivity index (χ2v) is 8.76. The van der Waals surface area contributed by atoms with Crippen LogP contribution in [0.25, 0.3) is 22.0 Å². The molecule has 0 saturated heterocycles. The number of pyridine rings is 1. The van der Waals surface area contributed by atoms with Gasteiger partial charge >= 0.3 is 5.97 Å². The monoisotopic (exact) mass is 405 g/mol. The summed E-state index contributed by atoms with van der Waals surface area (Å²) in [6.07, 6.45) is 2.69. The number of fused-ring (bicyclic) bond motifs is 5. The summed E-state index contributed by atoms with van der Waals surface area (Å²) >= 11 is 0. The molecule has 6 heteroatoms. The van der Waals surface area contributed by atoms with E-state index in [1.165, 1.54) is 12.5 Å². The van der Waals surface area contributed by atoms with Crippen molar-refractivity contribution in [3.05, 3.63) is 67.8 Å². The van der Waals surface area contributed by atoms with Crippen molar-refractivity contribution in [3.63, 3.8) is 0 Å². The molecule has 1 atom stereocenters. The number of hydrogen-bond donors (Lipinski definition) is 1. The summed E-state index contributed by atoms with van der Waals surface area (Å²) in [6.45, 7) is 3.49. The van der Waals surface area contributed by atoms with E-state index in [1.54, 1.807) is 16.7 Å². The summed E-state index contributed by atoms with van der Waals surface area (Å²) in [5.74, 6) is -0.967. The average Bonchev–Trinajstić information content (AvgIpc) is 3.09. The fourth-order valence-corrected chi connectivity index (χ4v) is 5.48. The molecule has 3 heterocycles. The third-order valence-electron chi connectivity index (χ3n) is 7.09. The van der Waals surface area contributed by atoms with E-state index in [1.807, 2.05) is 13.0 Å². The van der Waals surface area contributed by atoms with Crippen LogP contribution in [-0.2, 0) is 41.1 Å². The Morgan fingerprint density at radius 3 is 2.67 bits per heavy atom. The lowest BCUT2D eigenvalue weighted by atomic mass is 9.82. The number of carbonyl (C=O) groups excluding carboxylic acids is 1. The molecule has 5 nitrogen and oxygen atoms in total. The molecule has 152 valence electrons. The van der Waals surface area contributed by atoms with Crippen molar-refractivity contribution in [2.24, 2.45) is 0 Å². The van der Waals surface area contributed by atoms with Crippen LogP contribution >= 0.6 is 0 Å². The maximum absolute atomic E-state index is 14.6. The Labute approximate surface area is 171 Å². The zero-order valence-corrected chi connectivity index (χ0v) is 16.8. The molecule has 6 rings (SSSR count). The molecular weight excluding hydrogens is 385 g/mol. The number of cyclic esters (lactones) is 1. The maximum Gasteiger partial charge on any atom is 0.342 e. The summed E-state index contributed by atoms with van der Waals surface area (Å²) in [4.78, 5) is 25.4. The van der Waals surface area contributed by atoms with E-state index < -0.39 is 11.6 Å². The molecule has 0 bridgehead atoms. The first-order chi connectivity index (χ1) is 14.3. The summed E-state index contributed by atoms with van der Waals surface area (Å²) < 4.78 is 21.3. The van der Waals surface area contributed by atoms with Crippen LogP contribution in [-0.4, -0.2) is 15.6 Å². The molecule has 3 aromatic rings. The molecule has 0 amide bonds. The van der Waals surface area contributed by atoms with Crippen molar-refractivity contribution in [1.82, 2.24) is 4.57 Å². The SMILES string of the molecule is Cc1c(F)cc2cc3c(c4c2c1CCC4)Cn1c-3cc2c(c1=O)COC(=O)C2(C)O. The van der Waals surface area contributed by atoms with E-state index in [4.69, 9.17) is 4.74 Å². The largest absolute Gasteiger partial charge is 0.458 e. The normalized spacial score (nSPS) is 21.3. The molecule has 0 fully saturated rings. The highest BCUT2D eigenvalue weighted by Crippen LogP contribution is 2.44. The van der Waals surface area contributed by atoms with Crippen molar-refractivity contribution in [2.45, 2.75) is 51.9 Å². The zero-order chi connectivity index (χ0) is 20.9. The second kappa shape index (κ2) is 5.58. The number of aromatic nitrogens is 1. The lowest BCUT2D eigenvalue weighted by Crippen LogP contribution is -2.42. The maximum atomic E-state index is 14.6. The van der Waals surface area contributed by atoms with E-state index in [0.29, 0.717) is 28.9 Å². The van der Waals surface area contributed by atoms with Crippen molar-refractivity contribution in [1.29, 1.82) is 0 Å². The van der Waals surface area contributed by atoms with Crippen molar-refractivity contribution in [2.75, 3.05) is 0 Å². The van der Waals surface area contributed by atoms with Crippen LogP contribution in [0.3, 0.4) is 0 Å². The predicted octanol–water partition coefficient (Wildman–Crippen LogP) is 3.23. The lowest BCUT2D eigenvalue weighted by molar-refractivity contribution is -0.169. The van der Waals surface area contributed by atoms with E-state index >= 15 is 0 Å². The van der Waals surface area contributed by atoms with Crippen LogP contribution < -0.4 is 5.56 Å². The fourth-order valence-electron chi connectivity index (χ4n) is 5.48. The average molecular weight is 405 g/mol. The van der Waals surface area contributed by atoms with Crippen molar-refractivity contribution in [3.8, 4) is 11.3 Å². The first-order valence-corrected chi connectivity index (χ1v) is 10.2. The molecule has 2 aliphatic heterocycles. The van der Waals surface area contributed by atoms with Gasteiger partial charge in [-0.15, -0.1) is 0 Å². The van der Waals surface area contributed by atoms with E-state index in [9.17, 15) is 19.1 Å². The predicted molar refractivity (Wildman–Crippen MR) is 109 cm³/mol. The highest BCUT2D eigenvalue weighted by Gasteiger charge is 2.43. The molecule has 3 aliphatic rings. The number of benzene rings is 2. The Bertz CT molecular complexity index is 1380. The van der Waals surface area contributed by atoms with Crippen LogP contribution in [0.1, 0.15) is 46.7 Å². The number of halogens is 1. The third kappa shape index (κ3) is 2.04. The van der Waals surface area contributed by atoms with E-state index in [2.05, 4.69) is 0 Å². The highest BCUT2D eigenvalue weighted by atomic mass is 19.1. The molecule has 0 radical (unpaired) electrons. The number of aryl methyl sites for hydroxylation is 2. The third-order valence-corrected chi connectivity index (χ3v) is 7.09. The van der Waals surface area contributed by atoms with Gasteiger partial charge in [0.25, 0.3) is 5.56 Å². The van der Waals surface area contributed by atoms with Gasteiger partial charge in [-0.1, -0.05) is 0 Å². The minimum Gasteiger partial charge on any atom is -0.458 e. The Morgan fingerprint density at radius 2 is 1.87 bits per heavy atom. The molecule has 1 aromatic heterocycles. The topological polar surface area (TPSA) is 68.5 Å². The molecule has 0 saturated carbocycles. The summed E-state index contributed by atoms with van der Waals surface area (Å²) in [7, 11) is 0. The molecule has 1 N–H and O–H groups in total. The second-order valence-electron chi connectivity index (χ2n) is 8.76. The molecular formula is C24H20FNO4. The fraction of sp³-hybridized carbons (Fsp3) is 0.333. The number of esters is 1. The van der Waals surface area contributed by atoms with E-state index in [0.717, 1.165) is 46.7 Å². The lowest BCUT2D eigenvalue weighted by Gasteiger charge is -2.29. The van der Waals surface area contributed by atoms with Crippen LogP contribution in [0, 0.1) is 12.7 Å². The van der Waals surface area contributed by atoms with Crippen LogP contribution in [0.2, 0.25) is 0 Å². The summed E-state index contributed by atoms with van der Waals surface area (Å²) in [5.41, 5.74) is 4.08. The highest BCUT2D eigenvalue weighted by molar-refractivity contribution is 5.97. The van der Waals surface area contributed by atoms with Gasteiger partial charge in [-0.2, -0.15) is 0 Å².